The summed E-state index contributed by atoms with van der Waals surface area (Å²) in [6.45, 7) is 17.5. The van der Waals surface area contributed by atoms with Gasteiger partial charge in [-0.3, -0.25) is 19.3 Å². The Kier molecular flexibility index (Phi) is 6.65. The van der Waals surface area contributed by atoms with Crippen molar-refractivity contribution in [3.8, 4) is 0 Å². The van der Waals surface area contributed by atoms with Gasteiger partial charge in [0.1, 0.15) is 11.6 Å². The number of hydrogen-bond donors (Lipinski definition) is 0. The van der Waals surface area contributed by atoms with Gasteiger partial charge in [0.25, 0.3) is 0 Å². The number of carbonyl (C=O) groups is 1. The van der Waals surface area contributed by atoms with Gasteiger partial charge in [-0.2, -0.15) is 5.10 Å². The van der Waals surface area contributed by atoms with Crippen LogP contribution in [0.2, 0.25) is 0 Å². The van der Waals surface area contributed by atoms with Gasteiger partial charge in [-0.25, -0.2) is 9.97 Å². The van der Waals surface area contributed by atoms with Crippen LogP contribution in [-0.2, 0) is 24.3 Å². The number of aryl methyl sites for hydroxylation is 3. The van der Waals surface area contributed by atoms with E-state index in [1.807, 2.05) is 4.90 Å². The smallest absolute Gasteiger partial charge is 0.228 e. The molecule has 4 heterocycles. The second-order valence-corrected chi connectivity index (χ2v) is 9.88. The lowest BCUT2D eigenvalue weighted by molar-refractivity contribution is -0.119. The zero-order valence-corrected chi connectivity index (χ0v) is 20.6. The van der Waals surface area contributed by atoms with E-state index in [9.17, 15) is 4.79 Å². The van der Waals surface area contributed by atoms with Crippen molar-refractivity contribution in [3.05, 3.63) is 34.0 Å². The van der Waals surface area contributed by atoms with E-state index >= 15 is 0 Å². The first-order chi connectivity index (χ1) is 15.3. The second kappa shape index (κ2) is 9.30. The van der Waals surface area contributed by atoms with Crippen LogP contribution >= 0.6 is 0 Å². The zero-order valence-electron chi connectivity index (χ0n) is 20.6. The maximum Gasteiger partial charge on any atom is 0.228 e. The van der Waals surface area contributed by atoms with E-state index in [0.29, 0.717) is 18.3 Å². The quantitative estimate of drug-likeness (QED) is 0.684. The highest BCUT2D eigenvalue weighted by molar-refractivity contribution is 5.95. The van der Waals surface area contributed by atoms with Gasteiger partial charge in [0.2, 0.25) is 5.91 Å². The van der Waals surface area contributed by atoms with Crippen molar-refractivity contribution in [3.63, 3.8) is 0 Å². The monoisotopic (exact) mass is 438 g/mol. The fourth-order valence-corrected chi connectivity index (χ4v) is 5.18. The molecule has 4 rings (SSSR count). The number of nitrogens with zero attached hydrogens (tertiary/aromatic N) is 6. The number of aromatic nitrogens is 4. The number of likely N-dealkylation sites (tertiary alicyclic amines) is 1. The fraction of sp³-hybridized carbons (Fsp3) is 0.680. The summed E-state index contributed by atoms with van der Waals surface area (Å²) in [7, 11) is 0. The molecule has 0 radical (unpaired) electrons. The molecule has 0 atom stereocenters. The van der Waals surface area contributed by atoms with Crippen molar-refractivity contribution in [1.82, 2.24) is 24.6 Å². The van der Waals surface area contributed by atoms with Crippen molar-refractivity contribution in [2.75, 3.05) is 24.5 Å². The number of piperidine rings is 1. The lowest BCUT2D eigenvalue weighted by Crippen LogP contribution is -2.39. The molecule has 0 saturated carbocycles. The second-order valence-electron chi connectivity index (χ2n) is 9.88. The van der Waals surface area contributed by atoms with Crippen molar-refractivity contribution in [1.29, 1.82) is 0 Å². The van der Waals surface area contributed by atoms with Gasteiger partial charge in [0, 0.05) is 54.5 Å². The van der Waals surface area contributed by atoms with Gasteiger partial charge in [-0.05, 0) is 66.0 Å². The van der Waals surface area contributed by atoms with Crippen molar-refractivity contribution < 1.29 is 4.79 Å². The Morgan fingerprint density at radius 1 is 1.03 bits per heavy atom. The van der Waals surface area contributed by atoms with Crippen LogP contribution in [0.5, 0.6) is 0 Å². The third-order valence-electron chi connectivity index (χ3n) is 7.07. The molecule has 0 spiro atoms. The highest BCUT2D eigenvalue weighted by atomic mass is 16.2. The maximum absolute atomic E-state index is 12.6. The van der Waals surface area contributed by atoms with Gasteiger partial charge < -0.3 is 0 Å². The molecule has 0 aliphatic carbocycles. The Labute approximate surface area is 192 Å². The van der Waals surface area contributed by atoms with Gasteiger partial charge in [0.05, 0.1) is 5.69 Å². The van der Waals surface area contributed by atoms with E-state index in [4.69, 9.17) is 9.97 Å². The van der Waals surface area contributed by atoms with Crippen LogP contribution in [0.25, 0.3) is 0 Å². The molecule has 2 aromatic rings. The minimum atomic E-state index is 0.198. The number of fused-ring (bicyclic) bond motifs is 1. The number of anilines is 1. The molecular weight excluding hydrogens is 400 g/mol. The normalized spacial score (nSPS) is 18.0. The van der Waals surface area contributed by atoms with E-state index in [1.165, 1.54) is 11.3 Å². The molecular formula is C25H38N6O. The van der Waals surface area contributed by atoms with Crippen molar-refractivity contribution >= 4 is 11.7 Å². The Morgan fingerprint density at radius 2 is 1.75 bits per heavy atom. The first-order valence-corrected chi connectivity index (χ1v) is 12.2. The van der Waals surface area contributed by atoms with Crippen molar-refractivity contribution in [2.24, 2.45) is 5.92 Å². The SMILES string of the molecule is CCn1nc(C)c(CN2CCC(c3nc(C)c4c(n3)N(CC(C)C)C(=O)CC4)CC2)c1C. The molecule has 2 aliphatic heterocycles. The zero-order chi connectivity index (χ0) is 23.0. The topological polar surface area (TPSA) is 67.2 Å². The van der Waals surface area contributed by atoms with E-state index < -0.39 is 0 Å². The fourth-order valence-electron chi connectivity index (χ4n) is 5.18. The molecule has 0 aromatic carbocycles. The lowest BCUT2D eigenvalue weighted by atomic mass is 9.94. The Hall–Kier alpha value is -2.28. The summed E-state index contributed by atoms with van der Waals surface area (Å²) < 4.78 is 2.10. The summed E-state index contributed by atoms with van der Waals surface area (Å²) in [5, 5.41) is 4.68. The summed E-state index contributed by atoms with van der Waals surface area (Å²) in [5.74, 6) is 2.77. The molecule has 0 bridgehead atoms. The standard InChI is InChI=1S/C25H38N6O/c1-7-31-19(6)22(18(5)28-31)15-29-12-10-20(11-13-29)24-26-17(4)21-8-9-23(32)30(14-16(2)3)25(21)27-24/h16,20H,7-15H2,1-6H3. The first kappa shape index (κ1) is 22.9. The van der Waals surface area contributed by atoms with E-state index in [1.54, 1.807) is 0 Å². The third-order valence-corrected chi connectivity index (χ3v) is 7.07. The summed E-state index contributed by atoms with van der Waals surface area (Å²) in [4.78, 5) is 27.0. The molecule has 7 heteroatoms. The van der Waals surface area contributed by atoms with Crippen molar-refractivity contribution in [2.45, 2.75) is 86.2 Å². The van der Waals surface area contributed by atoms with Gasteiger partial charge in [0.15, 0.2) is 0 Å². The van der Waals surface area contributed by atoms with E-state index in [2.05, 4.69) is 56.2 Å². The summed E-state index contributed by atoms with van der Waals surface area (Å²) in [6, 6.07) is 0. The van der Waals surface area contributed by atoms with Crippen LogP contribution in [0.15, 0.2) is 0 Å². The number of rotatable bonds is 6. The number of hydrogen-bond acceptors (Lipinski definition) is 5. The molecule has 0 unspecified atom stereocenters. The maximum atomic E-state index is 12.6. The average molecular weight is 439 g/mol. The predicted molar refractivity (Wildman–Crippen MR) is 127 cm³/mol. The van der Waals surface area contributed by atoms with E-state index in [0.717, 1.165) is 80.6 Å². The Morgan fingerprint density at radius 3 is 2.38 bits per heavy atom. The molecule has 2 aliphatic rings. The van der Waals surface area contributed by atoms with Crippen LogP contribution in [0, 0.1) is 26.7 Å². The van der Waals surface area contributed by atoms with Crippen LogP contribution in [0.4, 0.5) is 5.82 Å². The third kappa shape index (κ3) is 4.45. The molecule has 0 N–H and O–H groups in total. The first-order valence-electron chi connectivity index (χ1n) is 12.2. The van der Waals surface area contributed by atoms with Gasteiger partial charge in [-0.15, -0.1) is 0 Å². The highest BCUT2D eigenvalue weighted by Gasteiger charge is 2.31. The van der Waals surface area contributed by atoms with Crippen LogP contribution in [0.3, 0.4) is 0 Å². The summed E-state index contributed by atoms with van der Waals surface area (Å²) in [5.41, 5.74) is 6.01. The minimum absolute atomic E-state index is 0.198. The molecule has 32 heavy (non-hydrogen) atoms. The summed E-state index contributed by atoms with van der Waals surface area (Å²) in [6.07, 6.45) is 3.43. The molecule has 2 aromatic heterocycles. The van der Waals surface area contributed by atoms with Crippen LogP contribution in [0.1, 0.15) is 80.0 Å². The molecule has 1 amide bonds. The largest absolute Gasteiger partial charge is 0.299 e. The van der Waals surface area contributed by atoms with Crippen LogP contribution in [-0.4, -0.2) is 50.2 Å². The van der Waals surface area contributed by atoms with Gasteiger partial charge in [-0.1, -0.05) is 13.8 Å². The minimum Gasteiger partial charge on any atom is -0.299 e. The number of amides is 1. The molecule has 7 nitrogen and oxygen atoms in total. The molecule has 1 saturated heterocycles. The van der Waals surface area contributed by atoms with Crippen LogP contribution < -0.4 is 4.90 Å². The summed E-state index contributed by atoms with van der Waals surface area (Å²) >= 11 is 0. The Bertz CT molecular complexity index is 987. The highest BCUT2D eigenvalue weighted by Crippen LogP contribution is 2.33. The average Bonchev–Trinajstić information content (AvgIpc) is 3.03. The Balaban J connectivity index is 1.48. The number of carbonyl (C=O) groups excluding carboxylic acids is 1. The predicted octanol–water partition coefficient (Wildman–Crippen LogP) is 3.93. The van der Waals surface area contributed by atoms with E-state index in [-0.39, 0.29) is 5.91 Å². The molecule has 174 valence electrons. The van der Waals surface area contributed by atoms with Gasteiger partial charge >= 0.3 is 0 Å². The lowest BCUT2D eigenvalue weighted by Gasteiger charge is -2.34. The molecule has 1 fully saturated rings.